The molecule has 0 saturated heterocycles. The Morgan fingerprint density at radius 2 is 2.31 bits per heavy atom. The van der Waals surface area contributed by atoms with Gasteiger partial charge in [-0.1, -0.05) is 15.9 Å². The van der Waals surface area contributed by atoms with Crippen molar-refractivity contribution in [2.75, 3.05) is 5.32 Å². The van der Waals surface area contributed by atoms with Gasteiger partial charge in [0, 0.05) is 34.6 Å². The number of carbonyl (C=O) groups excluding carboxylic acids is 1. The van der Waals surface area contributed by atoms with E-state index in [-0.39, 0.29) is 18.0 Å². The molecule has 0 saturated carbocycles. The lowest BCUT2D eigenvalue weighted by atomic mass is 9.82. The van der Waals surface area contributed by atoms with E-state index in [1.54, 1.807) is 0 Å². The van der Waals surface area contributed by atoms with Crippen LogP contribution in [-0.4, -0.2) is 12.3 Å². The van der Waals surface area contributed by atoms with Crippen LogP contribution >= 0.6 is 15.9 Å². The van der Waals surface area contributed by atoms with E-state index in [0.29, 0.717) is 6.42 Å². The third-order valence-corrected chi connectivity index (χ3v) is 3.72. The summed E-state index contributed by atoms with van der Waals surface area (Å²) in [6.07, 6.45) is 1.45. The van der Waals surface area contributed by atoms with Gasteiger partial charge >= 0.3 is 0 Å². The lowest BCUT2D eigenvalue weighted by molar-refractivity contribution is -0.108. The van der Waals surface area contributed by atoms with Crippen LogP contribution in [0.4, 0.5) is 5.69 Å². The fourth-order valence-corrected chi connectivity index (χ4v) is 2.68. The van der Waals surface area contributed by atoms with Crippen molar-refractivity contribution in [3.63, 3.8) is 0 Å². The predicted molar refractivity (Wildman–Crippen MR) is 68.3 cm³/mol. The van der Waals surface area contributed by atoms with Gasteiger partial charge < -0.3 is 15.8 Å². The van der Waals surface area contributed by atoms with E-state index in [9.17, 15) is 4.79 Å². The minimum Gasteiger partial charge on any atom is -0.382 e. The minimum atomic E-state index is -0.0750. The molecule has 1 aliphatic heterocycles. The zero-order chi connectivity index (χ0) is 11.7. The van der Waals surface area contributed by atoms with Crippen molar-refractivity contribution in [1.82, 2.24) is 0 Å². The van der Waals surface area contributed by atoms with E-state index in [4.69, 9.17) is 5.73 Å². The second kappa shape index (κ2) is 4.55. The summed E-state index contributed by atoms with van der Waals surface area (Å²) in [6.45, 7) is 2.07. The van der Waals surface area contributed by atoms with Gasteiger partial charge in [0.15, 0.2) is 0 Å². The second-order valence-corrected chi connectivity index (χ2v) is 5.17. The maximum atomic E-state index is 10.7. The Labute approximate surface area is 104 Å². The van der Waals surface area contributed by atoms with Gasteiger partial charge in [-0.15, -0.1) is 0 Å². The van der Waals surface area contributed by atoms with Crippen molar-refractivity contribution in [1.29, 1.82) is 0 Å². The van der Waals surface area contributed by atoms with Crippen LogP contribution in [0.5, 0.6) is 0 Å². The van der Waals surface area contributed by atoms with E-state index >= 15 is 0 Å². The van der Waals surface area contributed by atoms with Gasteiger partial charge in [0.1, 0.15) is 6.29 Å². The summed E-state index contributed by atoms with van der Waals surface area (Å²) in [4.78, 5) is 10.7. The molecule has 1 aromatic rings. The SMILES string of the molecule is C[C@@H]1Nc2ccc(Br)cc2[C@H](N)C1CC=O. The summed E-state index contributed by atoms with van der Waals surface area (Å²) < 4.78 is 1.02. The lowest BCUT2D eigenvalue weighted by Crippen LogP contribution is -2.39. The average Bonchev–Trinajstić information content (AvgIpc) is 2.26. The normalized spacial score (nSPS) is 28.1. The van der Waals surface area contributed by atoms with Gasteiger partial charge in [-0.25, -0.2) is 0 Å². The van der Waals surface area contributed by atoms with Crippen LogP contribution < -0.4 is 11.1 Å². The molecule has 4 heteroatoms. The highest BCUT2D eigenvalue weighted by molar-refractivity contribution is 9.10. The van der Waals surface area contributed by atoms with Crippen molar-refractivity contribution in [3.05, 3.63) is 28.2 Å². The van der Waals surface area contributed by atoms with Crippen LogP contribution in [0, 0.1) is 5.92 Å². The first-order valence-electron chi connectivity index (χ1n) is 5.38. The quantitative estimate of drug-likeness (QED) is 0.820. The minimum absolute atomic E-state index is 0.0750. The Hall–Kier alpha value is -0.870. The Balaban J connectivity index is 2.37. The van der Waals surface area contributed by atoms with Crippen molar-refractivity contribution < 1.29 is 4.79 Å². The summed E-state index contributed by atoms with van der Waals surface area (Å²) in [7, 11) is 0. The summed E-state index contributed by atoms with van der Waals surface area (Å²) >= 11 is 3.44. The molecule has 3 nitrogen and oxygen atoms in total. The Bertz CT molecular complexity index is 408. The van der Waals surface area contributed by atoms with Gasteiger partial charge in [-0.3, -0.25) is 0 Å². The second-order valence-electron chi connectivity index (χ2n) is 4.26. The number of nitrogens with two attached hydrogens (primary N) is 1. The first kappa shape index (κ1) is 11.6. The maximum absolute atomic E-state index is 10.7. The summed E-state index contributed by atoms with van der Waals surface area (Å²) in [5.41, 5.74) is 8.37. The molecule has 0 spiro atoms. The summed E-state index contributed by atoms with van der Waals surface area (Å²) in [6, 6.07) is 6.19. The van der Waals surface area contributed by atoms with Crippen molar-refractivity contribution in [2.45, 2.75) is 25.4 Å². The Morgan fingerprint density at radius 1 is 1.56 bits per heavy atom. The fraction of sp³-hybridized carbons (Fsp3) is 0.417. The van der Waals surface area contributed by atoms with Crippen LogP contribution in [0.15, 0.2) is 22.7 Å². The van der Waals surface area contributed by atoms with E-state index in [2.05, 4.69) is 28.2 Å². The predicted octanol–water partition coefficient (Wildman–Crippen LogP) is 2.47. The standard InChI is InChI=1S/C12H15BrN2O/c1-7-9(4-5-16)12(14)10-6-8(13)2-3-11(10)15-7/h2-3,5-7,9,12,15H,4,14H2,1H3/t7-,9?,12+/m0/s1. The number of fused-ring (bicyclic) bond motifs is 1. The molecule has 0 aliphatic carbocycles. The smallest absolute Gasteiger partial charge is 0.120 e. The Kier molecular flexibility index (Phi) is 3.30. The Morgan fingerprint density at radius 3 is 3.00 bits per heavy atom. The highest BCUT2D eigenvalue weighted by atomic mass is 79.9. The van der Waals surface area contributed by atoms with Crippen molar-refractivity contribution in [3.8, 4) is 0 Å². The van der Waals surface area contributed by atoms with Gasteiger partial charge in [-0.05, 0) is 30.7 Å². The largest absolute Gasteiger partial charge is 0.382 e. The van der Waals surface area contributed by atoms with Crippen LogP contribution in [0.3, 0.4) is 0 Å². The van der Waals surface area contributed by atoms with E-state index in [0.717, 1.165) is 22.0 Å². The number of benzene rings is 1. The van der Waals surface area contributed by atoms with Gasteiger partial charge in [0.2, 0.25) is 0 Å². The molecule has 3 atom stereocenters. The van der Waals surface area contributed by atoms with E-state index < -0.39 is 0 Å². The van der Waals surface area contributed by atoms with Gasteiger partial charge in [0.05, 0.1) is 0 Å². The summed E-state index contributed by atoms with van der Waals surface area (Å²) in [5.74, 6) is 0.166. The number of hydrogen-bond donors (Lipinski definition) is 2. The molecule has 0 aromatic heterocycles. The van der Waals surface area contributed by atoms with Crippen LogP contribution in [0.25, 0.3) is 0 Å². The monoisotopic (exact) mass is 282 g/mol. The molecular formula is C12H15BrN2O. The van der Waals surface area contributed by atoms with Gasteiger partial charge in [-0.2, -0.15) is 0 Å². The third kappa shape index (κ3) is 1.99. The van der Waals surface area contributed by atoms with E-state index in [1.165, 1.54) is 0 Å². The number of aldehydes is 1. The highest BCUT2D eigenvalue weighted by Gasteiger charge is 2.31. The molecule has 0 fully saturated rings. The van der Waals surface area contributed by atoms with Crippen LogP contribution in [-0.2, 0) is 4.79 Å². The lowest BCUT2D eigenvalue weighted by Gasteiger charge is -2.36. The van der Waals surface area contributed by atoms with Crippen LogP contribution in [0.1, 0.15) is 24.9 Å². The first-order valence-corrected chi connectivity index (χ1v) is 6.18. The summed E-state index contributed by atoms with van der Waals surface area (Å²) in [5, 5.41) is 3.39. The maximum Gasteiger partial charge on any atom is 0.120 e. The third-order valence-electron chi connectivity index (χ3n) is 3.23. The number of carbonyl (C=O) groups is 1. The highest BCUT2D eigenvalue weighted by Crippen LogP contribution is 2.37. The van der Waals surface area contributed by atoms with Crippen molar-refractivity contribution >= 4 is 27.9 Å². The molecule has 3 N–H and O–H groups in total. The molecule has 0 bridgehead atoms. The zero-order valence-corrected chi connectivity index (χ0v) is 10.7. The molecule has 2 rings (SSSR count). The number of nitrogens with one attached hydrogen (secondary N) is 1. The van der Waals surface area contributed by atoms with E-state index in [1.807, 2.05) is 18.2 Å². The first-order chi connectivity index (χ1) is 7.63. The number of halogens is 1. The number of rotatable bonds is 2. The number of anilines is 1. The molecular weight excluding hydrogens is 268 g/mol. The number of hydrogen-bond acceptors (Lipinski definition) is 3. The molecule has 0 amide bonds. The average molecular weight is 283 g/mol. The molecule has 1 heterocycles. The molecule has 86 valence electrons. The molecule has 0 radical (unpaired) electrons. The molecule has 1 aliphatic rings. The molecule has 1 aromatic carbocycles. The fourth-order valence-electron chi connectivity index (χ4n) is 2.30. The van der Waals surface area contributed by atoms with Gasteiger partial charge in [0.25, 0.3) is 0 Å². The topological polar surface area (TPSA) is 55.1 Å². The van der Waals surface area contributed by atoms with Crippen molar-refractivity contribution in [2.24, 2.45) is 11.7 Å². The zero-order valence-electron chi connectivity index (χ0n) is 9.11. The van der Waals surface area contributed by atoms with Crippen LogP contribution in [0.2, 0.25) is 0 Å². The molecule has 1 unspecified atom stereocenters. The molecule has 16 heavy (non-hydrogen) atoms.